The molecule has 126 valence electrons. The van der Waals surface area contributed by atoms with Crippen LogP contribution in [0.4, 0.5) is 0 Å². The Morgan fingerprint density at radius 2 is 1.84 bits per heavy atom. The average molecular weight is 332 g/mol. The van der Waals surface area contributed by atoms with Gasteiger partial charge < -0.3 is 10.3 Å². The number of fused-ring (bicyclic) bond motifs is 1. The van der Waals surface area contributed by atoms with Gasteiger partial charge in [-0.25, -0.2) is 0 Å². The van der Waals surface area contributed by atoms with Gasteiger partial charge in [0.1, 0.15) is 0 Å². The molecule has 1 saturated carbocycles. The van der Waals surface area contributed by atoms with Crippen molar-refractivity contribution < 1.29 is 4.79 Å². The van der Waals surface area contributed by atoms with Gasteiger partial charge in [-0.2, -0.15) is 0 Å². The zero-order chi connectivity index (χ0) is 17.2. The number of hydrogen-bond donors (Lipinski definition) is 2. The third-order valence-electron chi connectivity index (χ3n) is 4.53. The van der Waals surface area contributed by atoms with Crippen LogP contribution in [0.15, 0.2) is 59.4 Å². The van der Waals surface area contributed by atoms with Gasteiger partial charge in [-0.1, -0.05) is 36.4 Å². The van der Waals surface area contributed by atoms with Crippen LogP contribution in [0, 0.1) is 0 Å². The second-order valence-corrected chi connectivity index (χ2v) is 6.73. The van der Waals surface area contributed by atoms with Crippen LogP contribution < -0.4 is 10.9 Å². The van der Waals surface area contributed by atoms with E-state index in [2.05, 4.69) is 10.3 Å². The fourth-order valence-electron chi connectivity index (χ4n) is 3.05. The van der Waals surface area contributed by atoms with Gasteiger partial charge in [-0.3, -0.25) is 9.59 Å². The lowest BCUT2D eigenvalue weighted by Crippen LogP contribution is -2.26. The molecule has 1 aliphatic rings. The summed E-state index contributed by atoms with van der Waals surface area (Å²) in [6.07, 6.45) is 3.15. The lowest BCUT2D eigenvalue weighted by molar-refractivity contribution is -0.120. The molecule has 25 heavy (non-hydrogen) atoms. The Morgan fingerprint density at radius 1 is 1.04 bits per heavy atom. The SMILES string of the molecule is O=C(Cc1ccc2[nH]c(=O)c(Cc3ccccc3)cc2c1)NC1CC1. The quantitative estimate of drug-likeness (QED) is 0.754. The molecule has 0 bridgehead atoms. The van der Waals surface area contributed by atoms with Crippen LogP contribution in [-0.4, -0.2) is 16.9 Å². The minimum absolute atomic E-state index is 0.0596. The van der Waals surface area contributed by atoms with E-state index in [0.717, 1.165) is 40.4 Å². The number of H-pyrrole nitrogens is 1. The second kappa shape index (κ2) is 6.55. The van der Waals surface area contributed by atoms with Gasteiger partial charge in [-0.15, -0.1) is 0 Å². The summed E-state index contributed by atoms with van der Waals surface area (Å²) in [6.45, 7) is 0. The lowest BCUT2D eigenvalue weighted by Gasteiger charge is -2.07. The standard InChI is InChI=1S/C21H20N2O2/c24-20(22-18-7-8-18)12-15-6-9-19-16(11-15)13-17(21(25)23-19)10-14-4-2-1-3-5-14/h1-6,9,11,13,18H,7-8,10,12H2,(H,22,24)(H,23,25). The largest absolute Gasteiger partial charge is 0.353 e. The third-order valence-corrected chi connectivity index (χ3v) is 4.53. The number of amides is 1. The van der Waals surface area contributed by atoms with Crippen LogP contribution in [0.25, 0.3) is 10.9 Å². The summed E-state index contributed by atoms with van der Waals surface area (Å²) < 4.78 is 0. The first kappa shape index (κ1) is 15.6. The monoisotopic (exact) mass is 332 g/mol. The number of pyridine rings is 1. The van der Waals surface area contributed by atoms with E-state index in [1.807, 2.05) is 54.6 Å². The van der Waals surface area contributed by atoms with E-state index in [0.29, 0.717) is 18.9 Å². The lowest BCUT2D eigenvalue weighted by atomic mass is 10.0. The summed E-state index contributed by atoms with van der Waals surface area (Å²) in [6, 6.07) is 18.0. The van der Waals surface area contributed by atoms with Crippen LogP contribution in [0.5, 0.6) is 0 Å². The molecule has 4 rings (SSSR count). The van der Waals surface area contributed by atoms with Gasteiger partial charge in [0.15, 0.2) is 0 Å². The first-order chi connectivity index (χ1) is 12.2. The minimum atomic E-state index is -0.0596. The highest BCUT2D eigenvalue weighted by molar-refractivity contribution is 5.83. The predicted molar refractivity (Wildman–Crippen MR) is 98.7 cm³/mol. The summed E-state index contributed by atoms with van der Waals surface area (Å²) in [7, 11) is 0. The minimum Gasteiger partial charge on any atom is -0.353 e. The van der Waals surface area contributed by atoms with Gasteiger partial charge in [0.25, 0.3) is 5.56 Å². The van der Waals surface area contributed by atoms with Crippen molar-refractivity contribution in [1.82, 2.24) is 10.3 Å². The maximum Gasteiger partial charge on any atom is 0.251 e. The number of aromatic nitrogens is 1. The van der Waals surface area contributed by atoms with Gasteiger partial charge in [0.2, 0.25) is 5.91 Å². The molecule has 0 unspecified atom stereocenters. The highest BCUT2D eigenvalue weighted by Crippen LogP contribution is 2.19. The number of benzene rings is 2. The van der Waals surface area contributed by atoms with Crippen LogP contribution in [0.3, 0.4) is 0 Å². The molecule has 4 heteroatoms. The van der Waals surface area contributed by atoms with Crippen LogP contribution >= 0.6 is 0 Å². The van der Waals surface area contributed by atoms with E-state index >= 15 is 0 Å². The van der Waals surface area contributed by atoms with E-state index in [9.17, 15) is 9.59 Å². The fourth-order valence-corrected chi connectivity index (χ4v) is 3.05. The number of rotatable bonds is 5. The van der Waals surface area contributed by atoms with E-state index in [1.165, 1.54) is 0 Å². The molecule has 1 aliphatic carbocycles. The molecule has 1 aromatic heterocycles. The molecule has 0 radical (unpaired) electrons. The topological polar surface area (TPSA) is 62.0 Å². The van der Waals surface area contributed by atoms with Crippen molar-refractivity contribution >= 4 is 16.8 Å². The van der Waals surface area contributed by atoms with Crippen LogP contribution in [-0.2, 0) is 17.6 Å². The molecule has 2 aromatic carbocycles. The van der Waals surface area contributed by atoms with Crippen molar-refractivity contribution in [2.24, 2.45) is 0 Å². The van der Waals surface area contributed by atoms with Crippen molar-refractivity contribution in [3.05, 3.63) is 81.6 Å². The van der Waals surface area contributed by atoms with E-state index < -0.39 is 0 Å². The molecule has 0 atom stereocenters. The number of hydrogen-bond acceptors (Lipinski definition) is 2. The molecule has 1 fully saturated rings. The molecule has 2 N–H and O–H groups in total. The number of nitrogens with one attached hydrogen (secondary N) is 2. The molecule has 1 amide bonds. The highest BCUT2D eigenvalue weighted by atomic mass is 16.1. The Kier molecular flexibility index (Phi) is 4.10. The summed E-state index contributed by atoms with van der Waals surface area (Å²) in [5.41, 5.74) is 3.54. The van der Waals surface area contributed by atoms with Gasteiger partial charge in [0.05, 0.1) is 6.42 Å². The van der Waals surface area contributed by atoms with Crippen molar-refractivity contribution in [3.8, 4) is 0 Å². The van der Waals surface area contributed by atoms with E-state index in [4.69, 9.17) is 0 Å². The smallest absolute Gasteiger partial charge is 0.251 e. The summed E-state index contributed by atoms with van der Waals surface area (Å²) in [4.78, 5) is 27.2. The summed E-state index contributed by atoms with van der Waals surface area (Å²) in [5, 5.41) is 3.97. The summed E-state index contributed by atoms with van der Waals surface area (Å²) >= 11 is 0. The number of aromatic amines is 1. The predicted octanol–water partition coefficient (Wildman–Crippen LogP) is 2.94. The second-order valence-electron chi connectivity index (χ2n) is 6.73. The number of carbonyl (C=O) groups is 1. The van der Waals surface area contributed by atoms with Crippen molar-refractivity contribution in [2.75, 3.05) is 0 Å². The molecular formula is C21H20N2O2. The normalized spacial score (nSPS) is 13.8. The first-order valence-electron chi connectivity index (χ1n) is 8.65. The van der Waals surface area contributed by atoms with Crippen LogP contribution in [0.2, 0.25) is 0 Å². The molecule has 3 aromatic rings. The van der Waals surface area contributed by atoms with E-state index in [1.54, 1.807) is 0 Å². The van der Waals surface area contributed by atoms with Gasteiger partial charge >= 0.3 is 0 Å². The third kappa shape index (κ3) is 3.79. The van der Waals surface area contributed by atoms with Gasteiger partial charge in [0, 0.05) is 23.5 Å². The van der Waals surface area contributed by atoms with Crippen molar-refractivity contribution in [3.63, 3.8) is 0 Å². The average Bonchev–Trinajstić information content (AvgIpc) is 3.40. The Bertz CT molecular complexity index is 972. The van der Waals surface area contributed by atoms with E-state index in [-0.39, 0.29) is 11.5 Å². The molecule has 0 spiro atoms. The molecule has 1 heterocycles. The summed E-state index contributed by atoms with van der Waals surface area (Å²) in [5.74, 6) is 0.0655. The number of carbonyl (C=O) groups excluding carboxylic acids is 1. The Balaban J connectivity index is 1.60. The zero-order valence-corrected chi connectivity index (χ0v) is 13.9. The molecular weight excluding hydrogens is 312 g/mol. The van der Waals surface area contributed by atoms with Crippen molar-refractivity contribution in [2.45, 2.75) is 31.7 Å². The van der Waals surface area contributed by atoms with Gasteiger partial charge in [-0.05, 0) is 47.6 Å². The first-order valence-corrected chi connectivity index (χ1v) is 8.65. The zero-order valence-electron chi connectivity index (χ0n) is 13.9. The van der Waals surface area contributed by atoms with Crippen LogP contribution in [0.1, 0.15) is 29.5 Å². The Hall–Kier alpha value is -2.88. The maximum absolute atomic E-state index is 12.3. The van der Waals surface area contributed by atoms with Crippen molar-refractivity contribution in [1.29, 1.82) is 0 Å². The molecule has 4 nitrogen and oxygen atoms in total. The maximum atomic E-state index is 12.3. The Labute approximate surface area is 145 Å². The molecule has 0 aliphatic heterocycles. The Morgan fingerprint density at radius 3 is 2.60 bits per heavy atom. The fraction of sp³-hybridized carbons (Fsp3) is 0.238. The molecule has 0 saturated heterocycles. The highest BCUT2D eigenvalue weighted by Gasteiger charge is 2.23.